The number of benzene rings is 2. The monoisotopic (exact) mass is 483 g/mol. The lowest BCUT2D eigenvalue weighted by molar-refractivity contribution is 0.282. The molecule has 31 heavy (non-hydrogen) atoms. The molecule has 3 aromatic rings. The molecule has 1 aromatic heterocycles. The molecule has 0 aliphatic heterocycles. The fourth-order valence-electron chi connectivity index (χ4n) is 3.26. The Balaban J connectivity index is 1.95. The number of hydrogen-bond acceptors (Lipinski definition) is 6. The van der Waals surface area contributed by atoms with Crippen LogP contribution in [0.2, 0.25) is 10.0 Å². The molecule has 3 rings (SSSR count). The normalized spacial score (nSPS) is 12.7. The van der Waals surface area contributed by atoms with Crippen molar-refractivity contribution in [1.29, 1.82) is 0 Å². The van der Waals surface area contributed by atoms with Crippen molar-refractivity contribution in [1.82, 2.24) is 20.2 Å². The highest BCUT2D eigenvalue weighted by molar-refractivity contribution is 7.92. The van der Waals surface area contributed by atoms with Crippen molar-refractivity contribution in [2.75, 3.05) is 4.31 Å². The molecule has 11 heteroatoms. The van der Waals surface area contributed by atoms with E-state index in [9.17, 15) is 13.5 Å². The van der Waals surface area contributed by atoms with Crippen LogP contribution in [0.4, 0.5) is 5.69 Å². The summed E-state index contributed by atoms with van der Waals surface area (Å²) in [7, 11) is -3.96. The first-order valence-electron chi connectivity index (χ1n) is 9.66. The molecule has 8 nitrogen and oxygen atoms in total. The molecule has 1 N–H and O–H groups in total. The van der Waals surface area contributed by atoms with E-state index in [-0.39, 0.29) is 11.5 Å². The van der Waals surface area contributed by atoms with Gasteiger partial charge in [-0.3, -0.25) is 4.31 Å². The average Bonchev–Trinajstić information content (AvgIpc) is 3.13. The molecule has 0 radical (unpaired) electrons. The molecule has 0 fully saturated rings. The molecule has 0 bridgehead atoms. The summed E-state index contributed by atoms with van der Waals surface area (Å²) < 4.78 is 28.6. The number of aryl methyl sites for hydroxylation is 2. The Morgan fingerprint density at radius 2 is 1.81 bits per heavy atom. The molecule has 0 unspecified atom stereocenters. The summed E-state index contributed by atoms with van der Waals surface area (Å²) in [5.74, 6) is 0.575. The second-order valence-electron chi connectivity index (χ2n) is 7.11. The van der Waals surface area contributed by atoms with Crippen molar-refractivity contribution in [2.24, 2.45) is 0 Å². The van der Waals surface area contributed by atoms with Crippen LogP contribution in [0.3, 0.4) is 0 Å². The molecule has 0 aliphatic carbocycles. The van der Waals surface area contributed by atoms with Gasteiger partial charge in [-0.05, 0) is 68.3 Å². The van der Waals surface area contributed by atoms with Gasteiger partial charge in [-0.1, -0.05) is 29.3 Å². The van der Waals surface area contributed by atoms with Crippen LogP contribution in [0.15, 0.2) is 47.4 Å². The van der Waals surface area contributed by atoms with Gasteiger partial charge in [0.05, 0.1) is 23.7 Å². The zero-order valence-electron chi connectivity index (χ0n) is 17.1. The Morgan fingerprint density at radius 1 is 1.13 bits per heavy atom. The molecule has 0 saturated heterocycles. The van der Waals surface area contributed by atoms with Crippen molar-refractivity contribution in [2.45, 2.75) is 50.8 Å². The summed E-state index contributed by atoms with van der Waals surface area (Å²) in [4.78, 5) is 1.58. The van der Waals surface area contributed by atoms with E-state index in [1.54, 1.807) is 25.1 Å². The molecular weight excluding hydrogens is 461 g/mol. The topological polar surface area (TPSA) is 101 Å². The van der Waals surface area contributed by atoms with E-state index in [0.29, 0.717) is 46.5 Å². The number of halogens is 2. The van der Waals surface area contributed by atoms with E-state index < -0.39 is 16.1 Å². The van der Waals surface area contributed by atoms with Crippen LogP contribution >= 0.6 is 23.2 Å². The highest BCUT2D eigenvalue weighted by Crippen LogP contribution is 2.33. The maximum absolute atomic E-state index is 13.6. The zero-order valence-corrected chi connectivity index (χ0v) is 19.4. The maximum Gasteiger partial charge on any atom is 0.264 e. The highest BCUT2D eigenvalue weighted by Gasteiger charge is 2.31. The van der Waals surface area contributed by atoms with Gasteiger partial charge in [0.15, 0.2) is 5.82 Å². The molecule has 2 aromatic carbocycles. The number of nitrogens with zero attached hydrogens (tertiary/aromatic N) is 5. The number of rotatable bonds is 9. The largest absolute Gasteiger partial charge is 0.392 e. The van der Waals surface area contributed by atoms with Crippen LogP contribution in [-0.4, -0.2) is 39.8 Å². The molecular formula is C20H23Cl2N5O3S. The minimum Gasteiger partial charge on any atom is -0.392 e. The predicted octanol–water partition coefficient (Wildman–Crippen LogP) is 3.84. The first kappa shape index (κ1) is 23.5. The van der Waals surface area contributed by atoms with Gasteiger partial charge in [0.1, 0.15) is 0 Å². The van der Waals surface area contributed by atoms with Gasteiger partial charge in [-0.2, -0.15) is 4.80 Å². The third-order valence-corrected chi connectivity index (χ3v) is 7.19. The van der Waals surface area contributed by atoms with Gasteiger partial charge in [0, 0.05) is 21.7 Å². The molecule has 0 saturated carbocycles. The first-order chi connectivity index (χ1) is 14.7. The number of aliphatic hydroxyl groups is 1. The number of aliphatic hydroxyl groups excluding tert-OH is 1. The Bertz CT molecular complexity index is 1140. The fourth-order valence-corrected chi connectivity index (χ4v) is 5.27. The van der Waals surface area contributed by atoms with Crippen LogP contribution in [-0.2, 0) is 23.2 Å². The van der Waals surface area contributed by atoms with Gasteiger partial charge in [0.25, 0.3) is 10.0 Å². The number of sulfonamides is 1. The Kier molecular flexibility index (Phi) is 7.53. The van der Waals surface area contributed by atoms with Crippen molar-refractivity contribution in [3.05, 3.63) is 63.9 Å². The summed E-state index contributed by atoms with van der Waals surface area (Å²) in [5.41, 5.74) is 0.800. The molecule has 166 valence electrons. The summed E-state index contributed by atoms with van der Waals surface area (Å²) in [6.45, 7) is 3.74. The smallest absolute Gasteiger partial charge is 0.264 e. The van der Waals surface area contributed by atoms with Crippen LogP contribution in [0.5, 0.6) is 0 Å². The lowest BCUT2D eigenvalue weighted by Crippen LogP contribution is -2.39. The lowest BCUT2D eigenvalue weighted by atomic mass is 10.1. The van der Waals surface area contributed by atoms with Crippen LogP contribution in [0, 0.1) is 6.92 Å². The maximum atomic E-state index is 13.6. The van der Waals surface area contributed by atoms with Crippen molar-refractivity contribution in [3.8, 4) is 0 Å². The highest BCUT2D eigenvalue weighted by atomic mass is 35.5. The molecule has 1 atom stereocenters. The van der Waals surface area contributed by atoms with E-state index in [0.717, 1.165) is 0 Å². The van der Waals surface area contributed by atoms with Gasteiger partial charge in [-0.15, -0.1) is 10.2 Å². The van der Waals surface area contributed by atoms with Crippen molar-refractivity contribution < 1.29 is 13.5 Å². The van der Waals surface area contributed by atoms with Crippen molar-refractivity contribution in [3.63, 3.8) is 0 Å². The van der Waals surface area contributed by atoms with Gasteiger partial charge >= 0.3 is 0 Å². The SMILES string of the molecule is Cc1nnn(CCC[C@@H](C)N(c2cc(Cl)ccc2CO)S(=O)(=O)c2ccc(Cl)cc2)n1. The lowest BCUT2D eigenvalue weighted by Gasteiger charge is -2.32. The van der Waals surface area contributed by atoms with E-state index in [4.69, 9.17) is 23.2 Å². The predicted molar refractivity (Wildman–Crippen MR) is 120 cm³/mol. The fraction of sp³-hybridized carbons (Fsp3) is 0.350. The molecule has 0 amide bonds. The van der Waals surface area contributed by atoms with E-state index >= 15 is 0 Å². The van der Waals surface area contributed by atoms with Crippen molar-refractivity contribution >= 4 is 38.9 Å². The summed E-state index contributed by atoms with van der Waals surface area (Å²) >= 11 is 12.1. The van der Waals surface area contributed by atoms with E-state index in [1.807, 2.05) is 6.92 Å². The van der Waals surface area contributed by atoms with Gasteiger partial charge < -0.3 is 5.11 Å². The second-order valence-corrected chi connectivity index (χ2v) is 9.80. The van der Waals surface area contributed by atoms with Crippen LogP contribution in [0.1, 0.15) is 31.2 Å². The van der Waals surface area contributed by atoms with Gasteiger partial charge in [0.2, 0.25) is 0 Å². The molecule has 0 spiro atoms. The second kappa shape index (κ2) is 9.95. The Hall–Kier alpha value is -2.20. The first-order valence-corrected chi connectivity index (χ1v) is 11.9. The third-order valence-electron chi connectivity index (χ3n) is 4.76. The molecule has 0 aliphatic rings. The molecule has 1 heterocycles. The summed E-state index contributed by atoms with van der Waals surface area (Å²) in [5, 5.41) is 22.6. The summed E-state index contributed by atoms with van der Waals surface area (Å²) in [6, 6.07) is 10.3. The Morgan fingerprint density at radius 3 is 2.42 bits per heavy atom. The van der Waals surface area contributed by atoms with Crippen LogP contribution < -0.4 is 4.31 Å². The minimum absolute atomic E-state index is 0.0983. The van der Waals surface area contributed by atoms with Crippen LogP contribution in [0.25, 0.3) is 0 Å². The van der Waals surface area contributed by atoms with E-state index in [2.05, 4.69) is 15.4 Å². The van der Waals surface area contributed by atoms with E-state index in [1.165, 1.54) is 33.4 Å². The van der Waals surface area contributed by atoms with Gasteiger partial charge in [-0.25, -0.2) is 8.42 Å². The Labute approximate surface area is 191 Å². The quantitative estimate of drug-likeness (QED) is 0.495. The minimum atomic E-state index is -3.96. The number of hydrogen-bond donors (Lipinski definition) is 1. The number of anilines is 1. The standard InChI is InChI=1S/C20H23Cl2N5O3S/c1-14(4-3-11-26-24-15(2)23-25-26)27(20-12-18(22)6-5-16(20)13-28)31(29,30)19-9-7-17(21)8-10-19/h5-10,12,14,28H,3-4,11,13H2,1-2H3/t14-/m1/s1. The number of tetrazole rings is 1. The number of aromatic nitrogens is 4. The zero-order chi connectivity index (χ0) is 22.6. The average molecular weight is 484 g/mol. The summed E-state index contributed by atoms with van der Waals surface area (Å²) in [6.07, 6.45) is 1.14. The third kappa shape index (κ3) is 5.54.